The third kappa shape index (κ3) is 3.77. The van der Waals surface area contributed by atoms with Gasteiger partial charge in [0.15, 0.2) is 0 Å². The topological polar surface area (TPSA) is 3.24 Å². The van der Waals surface area contributed by atoms with Gasteiger partial charge in [-0.05, 0) is 23.3 Å². The van der Waals surface area contributed by atoms with Crippen LogP contribution in [-0.2, 0) is 6.54 Å². The molecule has 1 atom stereocenters. The first-order valence-corrected chi connectivity index (χ1v) is 7.62. The number of hydrogen-bond acceptors (Lipinski definition) is 1. The second kappa shape index (κ2) is 6.38. The van der Waals surface area contributed by atoms with Gasteiger partial charge in [0.1, 0.15) is 0 Å². The molecule has 1 unspecified atom stereocenters. The SMILES string of the molecule is FC(F)(F)C1=CC(c2ccc(Cl)cc2)N(Cc2ccccc2)C1. The molecular weight excluding hydrogens is 323 g/mol. The lowest BCUT2D eigenvalue weighted by atomic mass is 10.1. The Labute approximate surface area is 138 Å². The highest BCUT2D eigenvalue weighted by atomic mass is 35.5. The van der Waals surface area contributed by atoms with Crippen molar-refractivity contribution in [2.45, 2.75) is 18.8 Å². The Hall–Kier alpha value is -1.78. The fourth-order valence-electron chi connectivity index (χ4n) is 2.79. The minimum atomic E-state index is -4.30. The summed E-state index contributed by atoms with van der Waals surface area (Å²) >= 11 is 5.88. The van der Waals surface area contributed by atoms with Crippen LogP contribution in [0.4, 0.5) is 13.2 Å². The molecule has 1 aliphatic heterocycles. The van der Waals surface area contributed by atoms with E-state index in [9.17, 15) is 13.2 Å². The van der Waals surface area contributed by atoms with Gasteiger partial charge in [-0.3, -0.25) is 4.90 Å². The number of benzene rings is 2. The van der Waals surface area contributed by atoms with E-state index in [1.165, 1.54) is 6.08 Å². The van der Waals surface area contributed by atoms with Crippen LogP contribution >= 0.6 is 11.6 Å². The standard InChI is InChI=1S/C18H15ClF3N/c19-16-8-6-14(7-9-16)17-10-15(18(20,21)22)12-23(17)11-13-4-2-1-3-5-13/h1-10,17H,11-12H2. The quantitative estimate of drug-likeness (QED) is 0.679. The highest BCUT2D eigenvalue weighted by Gasteiger charge is 2.40. The number of hydrogen-bond donors (Lipinski definition) is 0. The van der Waals surface area contributed by atoms with Crippen molar-refractivity contribution in [1.82, 2.24) is 4.90 Å². The summed E-state index contributed by atoms with van der Waals surface area (Å²) in [6.07, 6.45) is -2.98. The molecule has 0 radical (unpaired) electrons. The third-order valence-electron chi connectivity index (χ3n) is 3.93. The van der Waals surface area contributed by atoms with Crippen molar-refractivity contribution in [2.75, 3.05) is 6.54 Å². The monoisotopic (exact) mass is 337 g/mol. The van der Waals surface area contributed by atoms with Crippen LogP contribution < -0.4 is 0 Å². The molecule has 0 saturated carbocycles. The maximum absolute atomic E-state index is 13.1. The smallest absolute Gasteiger partial charge is 0.284 e. The number of rotatable bonds is 3. The van der Waals surface area contributed by atoms with E-state index in [4.69, 9.17) is 11.6 Å². The fraction of sp³-hybridized carbons (Fsp3) is 0.222. The molecule has 0 spiro atoms. The molecule has 5 heteroatoms. The Morgan fingerprint density at radius 1 is 1.00 bits per heavy atom. The molecule has 3 rings (SSSR count). The molecule has 0 aliphatic carbocycles. The Morgan fingerprint density at radius 3 is 2.26 bits per heavy atom. The van der Waals surface area contributed by atoms with E-state index in [0.29, 0.717) is 11.6 Å². The molecule has 0 fully saturated rings. The summed E-state index contributed by atoms with van der Waals surface area (Å²) in [5.74, 6) is 0. The van der Waals surface area contributed by atoms with Crippen LogP contribution in [0.5, 0.6) is 0 Å². The van der Waals surface area contributed by atoms with Gasteiger partial charge in [0.05, 0.1) is 6.04 Å². The van der Waals surface area contributed by atoms with Crippen LogP contribution in [0.3, 0.4) is 0 Å². The van der Waals surface area contributed by atoms with Gasteiger partial charge in [0, 0.05) is 23.7 Å². The largest absolute Gasteiger partial charge is 0.413 e. The Bertz CT molecular complexity index is 692. The predicted molar refractivity (Wildman–Crippen MR) is 85.2 cm³/mol. The second-order valence-corrected chi connectivity index (χ2v) is 6.01. The summed E-state index contributed by atoms with van der Waals surface area (Å²) in [4.78, 5) is 1.82. The average Bonchev–Trinajstić information content (AvgIpc) is 2.93. The van der Waals surface area contributed by atoms with E-state index >= 15 is 0 Å². The fourth-order valence-corrected chi connectivity index (χ4v) is 2.92. The Balaban J connectivity index is 1.89. The maximum atomic E-state index is 13.1. The van der Waals surface area contributed by atoms with Crippen molar-refractivity contribution in [1.29, 1.82) is 0 Å². The first-order chi connectivity index (χ1) is 10.9. The first kappa shape index (κ1) is 16.1. The zero-order chi connectivity index (χ0) is 16.4. The number of halogens is 4. The predicted octanol–water partition coefficient (Wildman–Crippen LogP) is 5.39. The van der Waals surface area contributed by atoms with Crippen LogP contribution in [0.2, 0.25) is 5.02 Å². The molecule has 1 heterocycles. The first-order valence-electron chi connectivity index (χ1n) is 7.25. The summed E-state index contributed by atoms with van der Waals surface area (Å²) in [6, 6.07) is 16.1. The summed E-state index contributed by atoms with van der Waals surface area (Å²) in [5.41, 5.74) is 1.31. The van der Waals surface area contributed by atoms with E-state index in [0.717, 1.165) is 11.1 Å². The van der Waals surface area contributed by atoms with Gasteiger partial charge in [-0.25, -0.2) is 0 Å². The minimum absolute atomic E-state index is 0.105. The molecule has 0 saturated heterocycles. The van der Waals surface area contributed by atoms with Crippen molar-refractivity contribution < 1.29 is 13.2 Å². The lowest BCUT2D eigenvalue weighted by Crippen LogP contribution is -2.26. The van der Waals surface area contributed by atoms with Crippen LogP contribution in [-0.4, -0.2) is 17.6 Å². The van der Waals surface area contributed by atoms with Crippen LogP contribution in [0.15, 0.2) is 66.2 Å². The molecule has 2 aromatic carbocycles. The maximum Gasteiger partial charge on any atom is 0.413 e. The summed E-state index contributed by atoms with van der Waals surface area (Å²) in [6.45, 7) is 0.357. The van der Waals surface area contributed by atoms with Gasteiger partial charge in [0.2, 0.25) is 0 Å². The van der Waals surface area contributed by atoms with E-state index < -0.39 is 17.8 Å². The second-order valence-electron chi connectivity index (χ2n) is 5.58. The minimum Gasteiger partial charge on any atom is -0.284 e. The molecule has 0 bridgehead atoms. The third-order valence-corrected chi connectivity index (χ3v) is 4.18. The van der Waals surface area contributed by atoms with Crippen molar-refractivity contribution in [2.24, 2.45) is 0 Å². The average molecular weight is 338 g/mol. The molecule has 1 nitrogen and oxygen atoms in total. The molecular formula is C18H15ClF3N. The highest BCUT2D eigenvalue weighted by Crippen LogP contribution is 2.38. The summed E-state index contributed by atoms with van der Waals surface area (Å²) in [5, 5.41) is 0.571. The normalized spacial score (nSPS) is 19.0. The van der Waals surface area contributed by atoms with Crippen LogP contribution in [0, 0.1) is 0 Å². The number of nitrogens with zero attached hydrogens (tertiary/aromatic N) is 1. The lowest BCUT2D eigenvalue weighted by molar-refractivity contribution is -0.0937. The van der Waals surface area contributed by atoms with E-state index in [2.05, 4.69) is 0 Å². The zero-order valence-electron chi connectivity index (χ0n) is 12.2. The van der Waals surface area contributed by atoms with Crippen molar-refractivity contribution in [3.8, 4) is 0 Å². The van der Waals surface area contributed by atoms with Gasteiger partial charge < -0.3 is 0 Å². The molecule has 2 aromatic rings. The molecule has 0 amide bonds. The molecule has 0 aromatic heterocycles. The van der Waals surface area contributed by atoms with E-state index in [1.54, 1.807) is 24.3 Å². The van der Waals surface area contributed by atoms with E-state index in [1.807, 2.05) is 35.2 Å². The van der Waals surface area contributed by atoms with Gasteiger partial charge >= 0.3 is 6.18 Å². The Morgan fingerprint density at radius 2 is 1.65 bits per heavy atom. The van der Waals surface area contributed by atoms with Crippen molar-refractivity contribution >= 4 is 11.6 Å². The molecule has 120 valence electrons. The number of alkyl halides is 3. The zero-order valence-corrected chi connectivity index (χ0v) is 13.0. The van der Waals surface area contributed by atoms with Crippen LogP contribution in [0.1, 0.15) is 17.2 Å². The van der Waals surface area contributed by atoms with Gasteiger partial charge in [-0.2, -0.15) is 13.2 Å². The van der Waals surface area contributed by atoms with Gasteiger partial charge in [-0.1, -0.05) is 60.1 Å². The van der Waals surface area contributed by atoms with E-state index in [-0.39, 0.29) is 6.54 Å². The Kier molecular flexibility index (Phi) is 4.46. The summed E-state index contributed by atoms with van der Waals surface area (Å²) < 4.78 is 39.3. The van der Waals surface area contributed by atoms with Gasteiger partial charge in [0.25, 0.3) is 0 Å². The van der Waals surface area contributed by atoms with Gasteiger partial charge in [-0.15, -0.1) is 0 Å². The van der Waals surface area contributed by atoms with Crippen molar-refractivity contribution in [3.05, 3.63) is 82.4 Å². The highest BCUT2D eigenvalue weighted by molar-refractivity contribution is 6.30. The molecule has 0 N–H and O–H groups in total. The molecule has 1 aliphatic rings. The summed E-state index contributed by atoms with van der Waals surface area (Å²) in [7, 11) is 0. The molecule has 23 heavy (non-hydrogen) atoms. The van der Waals surface area contributed by atoms with Crippen LogP contribution in [0.25, 0.3) is 0 Å². The van der Waals surface area contributed by atoms with Crippen molar-refractivity contribution in [3.63, 3.8) is 0 Å². The lowest BCUT2D eigenvalue weighted by Gasteiger charge is -2.25.